The van der Waals surface area contributed by atoms with Crippen molar-refractivity contribution in [3.05, 3.63) is 23.9 Å². The van der Waals surface area contributed by atoms with E-state index in [0.717, 1.165) is 12.3 Å². The van der Waals surface area contributed by atoms with Gasteiger partial charge in [0.15, 0.2) is 5.96 Å². The van der Waals surface area contributed by atoms with Gasteiger partial charge in [-0.05, 0) is 39.3 Å². The fourth-order valence-corrected chi connectivity index (χ4v) is 2.52. The topological polar surface area (TPSA) is 81.6 Å². The summed E-state index contributed by atoms with van der Waals surface area (Å²) in [5.74, 6) is 1.13. The van der Waals surface area contributed by atoms with Gasteiger partial charge in [0.1, 0.15) is 5.82 Å². The van der Waals surface area contributed by atoms with Gasteiger partial charge in [0, 0.05) is 51.9 Å². The minimum Gasteiger partial charge on any atom is -0.370 e. The third-order valence-corrected chi connectivity index (χ3v) is 4.09. The summed E-state index contributed by atoms with van der Waals surface area (Å²) in [6.07, 6.45) is -2.50. The van der Waals surface area contributed by atoms with E-state index in [2.05, 4.69) is 25.9 Å². The van der Waals surface area contributed by atoms with Gasteiger partial charge in [-0.1, -0.05) is 0 Å². The maximum atomic E-state index is 12.5. The van der Waals surface area contributed by atoms with Gasteiger partial charge in [0.25, 0.3) is 0 Å². The number of anilines is 1. The van der Waals surface area contributed by atoms with E-state index in [0.29, 0.717) is 63.9 Å². The Morgan fingerprint density at radius 3 is 2.37 bits per heavy atom. The van der Waals surface area contributed by atoms with E-state index < -0.39 is 11.7 Å². The van der Waals surface area contributed by atoms with Crippen LogP contribution in [0.3, 0.4) is 0 Å². The van der Waals surface area contributed by atoms with Crippen molar-refractivity contribution in [1.29, 1.82) is 0 Å². The van der Waals surface area contributed by atoms with Crippen LogP contribution in [0.1, 0.15) is 39.2 Å². The smallest absolute Gasteiger partial charge is 0.370 e. The lowest BCUT2D eigenvalue weighted by Gasteiger charge is -2.19. The minimum atomic E-state index is -4.38. The van der Waals surface area contributed by atoms with Gasteiger partial charge in [0.2, 0.25) is 5.91 Å². The summed E-state index contributed by atoms with van der Waals surface area (Å²) in [6.45, 7) is 9.50. The number of hydrogen-bond donors (Lipinski definition) is 3. The van der Waals surface area contributed by atoms with Gasteiger partial charge in [-0.15, -0.1) is 24.0 Å². The lowest BCUT2D eigenvalue weighted by Crippen LogP contribution is -2.40. The number of halogens is 4. The number of rotatable bonds is 11. The predicted octanol–water partition coefficient (Wildman–Crippen LogP) is 3.33. The molecule has 1 heterocycles. The molecular weight excluding hydrogens is 512 g/mol. The largest absolute Gasteiger partial charge is 0.417 e. The minimum absolute atomic E-state index is 0. The molecule has 30 heavy (non-hydrogen) atoms. The molecule has 3 N–H and O–H groups in total. The SMILES string of the molecule is CCNC(=NCCCNc1ccc(C(F)(F)F)cn1)NCCC(=O)N(CC)CC.I. The summed E-state index contributed by atoms with van der Waals surface area (Å²) < 4.78 is 37.5. The zero-order valence-electron chi connectivity index (χ0n) is 17.7. The Morgan fingerprint density at radius 1 is 1.13 bits per heavy atom. The molecule has 7 nitrogen and oxygen atoms in total. The summed E-state index contributed by atoms with van der Waals surface area (Å²) in [5.41, 5.74) is -0.770. The highest BCUT2D eigenvalue weighted by atomic mass is 127. The quantitative estimate of drug-likeness (QED) is 0.172. The van der Waals surface area contributed by atoms with Crippen molar-refractivity contribution < 1.29 is 18.0 Å². The molecule has 0 saturated carbocycles. The van der Waals surface area contributed by atoms with Crippen LogP contribution in [0.15, 0.2) is 23.3 Å². The first-order valence-electron chi connectivity index (χ1n) is 9.88. The van der Waals surface area contributed by atoms with Crippen molar-refractivity contribution in [3.8, 4) is 0 Å². The molecule has 0 aliphatic carbocycles. The zero-order valence-corrected chi connectivity index (χ0v) is 20.0. The average molecular weight is 544 g/mol. The second-order valence-corrected chi connectivity index (χ2v) is 6.21. The van der Waals surface area contributed by atoms with Gasteiger partial charge in [0.05, 0.1) is 5.56 Å². The lowest BCUT2D eigenvalue weighted by molar-refractivity contribution is -0.137. The molecule has 0 aromatic carbocycles. The van der Waals surface area contributed by atoms with Crippen molar-refractivity contribution in [2.75, 3.05) is 44.6 Å². The van der Waals surface area contributed by atoms with E-state index in [1.807, 2.05) is 20.8 Å². The van der Waals surface area contributed by atoms with Crippen LogP contribution < -0.4 is 16.0 Å². The Hall–Kier alpha value is -1.79. The molecular formula is C19H32F3IN6O. The number of nitrogens with zero attached hydrogens (tertiary/aromatic N) is 3. The third-order valence-electron chi connectivity index (χ3n) is 4.09. The van der Waals surface area contributed by atoms with Gasteiger partial charge in [-0.3, -0.25) is 9.79 Å². The van der Waals surface area contributed by atoms with Gasteiger partial charge >= 0.3 is 6.18 Å². The number of carbonyl (C=O) groups excluding carboxylic acids is 1. The molecule has 0 bridgehead atoms. The highest BCUT2D eigenvalue weighted by Gasteiger charge is 2.30. The van der Waals surface area contributed by atoms with E-state index in [-0.39, 0.29) is 29.9 Å². The maximum Gasteiger partial charge on any atom is 0.417 e. The predicted molar refractivity (Wildman–Crippen MR) is 124 cm³/mol. The first-order valence-corrected chi connectivity index (χ1v) is 9.88. The molecule has 0 atom stereocenters. The number of nitrogens with one attached hydrogen (secondary N) is 3. The lowest BCUT2D eigenvalue weighted by atomic mass is 10.3. The second kappa shape index (κ2) is 15.1. The third kappa shape index (κ3) is 10.8. The summed E-state index contributed by atoms with van der Waals surface area (Å²) in [7, 11) is 0. The van der Waals surface area contributed by atoms with E-state index in [1.165, 1.54) is 6.07 Å². The molecule has 1 rings (SSSR count). The summed E-state index contributed by atoms with van der Waals surface area (Å²) in [6, 6.07) is 2.31. The van der Waals surface area contributed by atoms with Crippen molar-refractivity contribution in [1.82, 2.24) is 20.5 Å². The number of amides is 1. The molecule has 1 amide bonds. The fraction of sp³-hybridized carbons (Fsp3) is 0.632. The highest BCUT2D eigenvalue weighted by Crippen LogP contribution is 2.28. The monoisotopic (exact) mass is 544 g/mol. The summed E-state index contributed by atoms with van der Waals surface area (Å²) in [5, 5.41) is 9.23. The van der Waals surface area contributed by atoms with Gasteiger partial charge in [-0.2, -0.15) is 13.2 Å². The Balaban J connectivity index is 0.00000841. The normalized spacial score (nSPS) is 11.5. The van der Waals surface area contributed by atoms with E-state index in [9.17, 15) is 18.0 Å². The average Bonchev–Trinajstić information content (AvgIpc) is 2.68. The standard InChI is InChI=1S/C19H31F3N6O.HI/c1-4-23-18(26-13-10-17(29)28(5-2)6-3)25-12-7-11-24-16-9-8-15(14-27-16)19(20,21)22;/h8-9,14H,4-7,10-13H2,1-3H3,(H,24,27)(H2,23,25,26);1H. The van der Waals surface area contributed by atoms with E-state index >= 15 is 0 Å². The van der Waals surface area contributed by atoms with Crippen LogP contribution in [0.25, 0.3) is 0 Å². The number of alkyl halides is 3. The van der Waals surface area contributed by atoms with Crippen LogP contribution in [-0.4, -0.2) is 61.0 Å². The van der Waals surface area contributed by atoms with Crippen LogP contribution in [0.4, 0.5) is 19.0 Å². The molecule has 0 aliphatic heterocycles. The van der Waals surface area contributed by atoms with Gasteiger partial charge in [-0.25, -0.2) is 4.98 Å². The molecule has 1 aromatic rings. The Morgan fingerprint density at radius 2 is 1.83 bits per heavy atom. The van der Waals surface area contributed by atoms with Crippen LogP contribution in [0.5, 0.6) is 0 Å². The highest BCUT2D eigenvalue weighted by molar-refractivity contribution is 14.0. The molecule has 11 heteroatoms. The Labute approximate surface area is 193 Å². The molecule has 1 aromatic heterocycles. The van der Waals surface area contributed by atoms with Crippen LogP contribution in [0, 0.1) is 0 Å². The van der Waals surface area contributed by atoms with Crippen molar-refractivity contribution in [2.24, 2.45) is 4.99 Å². The molecule has 0 fully saturated rings. The molecule has 0 aliphatic rings. The number of guanidine groups is 1. The maximum absolute atomic E-state index is 12.5. The van der Waals surface area contributed by atoms with Crippen LogP contribution in [-0.2, 0) is 11.0 Å². The number of hydrogen-bond acceptors (Lipinski definition) is 4. The molecule has 0 spiro atoms. The van der Waals surface area contributed by atoms with Crippen molar-refractivity contribution in [2.45, 2.75) is 39.8 Å². The van der Waals surface area contributed by atoms with E-state index in [4.69, 9.17) is 0 Å². The molecule has 0 unspecified atom stereocenters. The molecule has 0 saturated heterocycles. The van der Waals surface area contributed by atoms with Crippen LogP contribution in [0.2, 0.25) is 0 Å². The Kier molecular flexibility index (Phi) is 14.2. The first-order chi connectivity index (χ1) is 13.8. The number of aliphatic imine (C=N–C) groups is 1. The molecule has 172 valence electrons. The zero-order chi connectivity index (χ0) is 21.7. The summed E-state index contributed by atoms with van der Waals surface area (Å²) in [4.78, 5) is 22.0. The number of carbonyl (C=O) groups is 1. The summed E-state index contributed by atoms with van der Waals surface area (Å²) >= 11 is 0. The van der Waals surface area contributed by atoms with Crippen molar-refractivity contribution >= 4 is 41.7 Å². The van der Waals surface area contributed by atoms with E-state index in [1.54, 1.807) is 4.90 Å². The van der Waals surface area contributed by atoms with Gasteiger partial charge < -0.3 is 20.9 Å². The first kappa shape index (κ1) is 28.2. The Bertz CT molecular complexity index is 636. The van der Waals surface area contributed by atoms with Crippen LogP contribution >= 0.6 is 24.0 Å². The molecule has 0 radical (unpaired) electrons. The van der Waals surface area contributed by atoms with Crippen molar-refractivity contribution in [3.63, 3.8) is 0 Å². The number of aromatic nitrogens is 1. The number of pyridine rings is 1. The fourth-order valence-electron chi connectivity index (χ4n) is 2.52. The second-order valence-electron chi connectivity index (χ2n) is 6.21.